The minimum atomic E-state index is -5.39. The van der Waals surface area contributed by atoms with E-state index in [1.165, 1.54) is 0 Å². The second kappa shape index (κ2) is 16.2. The third-order valence-corrected chi connectivity index (χ3v) is 0. The van der Waals surface area contributed by atoms with Gasteiger partial charge in [0, 0.05) is 0 Å². The molecule has 0 saturated carbocycles. The molecule has 0 amide bonds. The standard InChI is InChI=1S/Al.Ca.3H3O4P.W/c;;3*1-5(2,3)4;/h;;3*(H3,1,2,3,4);/q+3;+2;;;;+4/p-9. The quantitative estimate of drug-likeness (QED) is 0.207. The van der Waals surface area contributed by atoms with E-state index >= 15 is 0 Å². The second-order valence-electron chi connectivity index (χ2n) is 1.34. The summed E-state index contributed by atoms with van der Waals surface area (Å²) in [6.07, 6.45) is 0. The van der Waals surface area contributed by atoms with Crippen molar-refractivity contribution in [1.29, 1.82) is 0 Å². The maximum Gasteiger partial charge on any atom is 4.00 e. The SMILES string of the molecule is O=P([O-])([O-])[O-].O=P([O-])([O-])[O-].O=P([O-])([O-])[O-].[Al+3].[Ca+2].[W+4]. The molecule has 0 spiro atoms. The molecule has 0 fully saturated rings. The van der Waals surface area contributed by atoms with Crippen LogP contribution in [0.1, 0.15) is 0 Å². The van der Waals surface area contributed by atoms with E-state index in [1.807, 2.05) is 0 Å². The molecule has 0 unspecified atom stereocenters. The Morgan fingerprint density at radius 2 is 0.500 bits per heavy atom. The van der Waals surface area contributed by atoms with Crippen LogP contribution < -0.4 is 44.0 Å². The summed E-state index contributed by atoms with van der Waals surface area (Å²) in [4.78, 5) is 76.9. The van der Waals surface area contributed by atoms with Crippen LogP contribution in [-0.2, 0) is 34.8 Å². The molecule has 12 nitrogen and oxygen atoms in total. The molecule has 0 atom stereocenters. The molecule has 0 bridgehead atoms. The van der Waals surface area contributed by atoms with Gasteiger partial charge in [0.2, 0.25) is 0 Å². The zero-order chi connectivity index (χ0) is 13.5. The van der Waals surface area contributed by atoms with E-state index < -0.39 is 23.5 Å². The van der Waals surface area contributed by atoms with Crippen molar-refractivity contribution < 1.29 is 78.8 Å². The van der Waals surface area contributed by atoms with Crippen molar-refractivity contribution in [1.82, 2.24) is 0 Å². The molecule has 18 heavy (non-hydrogen) atoms. The van der Waals surface area contributed by atoms with Gasteiger partial charge in [-0.2, -0.15) is 23.5 Å². The number of hydrogen-bond acceptors (Lipinski definition) is 12. The van der Waals surface area contributed by atoms with Crippen molar-refractivity contribution >= 4 is 78.6 Å². The van der Waals surface area contributed by atoms with Gasteiger partial charge in [-0.3, -0.25) is 0 Å². The normalized spacial score (nSPS) is 9.83. The van der Waals surface area contributed by atoms with Gasteiger partial charge in [-0.15, -0.1) is 0 Å². The Morgan fingerprint density at radius 3 is 0.500 bits per heavy atom. The smallest absolute Gasteiger partial charge is 0.822 e. The maximum absolute atomic E-state index is 8.55. The summed E-state index contributed by atoms with van der Waals surface area (Å²) in [5, 5.41) is 0. The molecule has 0 aliphatic heterocycles. The first kappa shape index (κ1) is 37.2. The summed E-state index contributed by atoms with van der Waals surface area (Å²) in [7, 11) is -16.2. The van der Waals surface area contributed by atoms with E-state index in [9.17, 15) is 0 Å². The summed E-state index contributed by atoms with van der Waals surface area (Å²) in [5.74, 6) is 0. The van der Waals surface area contributed by atoms with E-state index in [0.717, 1.165) is 0 Å². The van der Waals surface area contributed by atoms with Gasteiger partial charge in [0.05, 0.1) is 0 Å². The van der Waals surface area contributed by atoms with Gasteiger partial charge in [0.15, 0.2) is 0 Å². The van der Waals surface area contributed by atoms with Crippen molar-refractivity contribution in [3.8, 4) is 0 Å². The van der Waals surface area contributed by atoms with Crippen LogP contribution in [0.4, 0.5) is 0 Å². The minimum absolute atomic E-state index is 0. The summed E-state index contributed by atoms with van der Waals surface area (Å²) in [6, 6.07) is 0. The number of rotatable bonds is 0. The summed E-state index contributed by atoms with van der Waals surface area (Å²) in [6.45, 7) is 0. The van der Waals surface area contributed by atoms with Crippen LogP contribution in [-0.4, -0.2) is 55.1 Å². The Morgan fingerprint density at radius 1 is 0.500 bits per heavy atom. The van der Waals surface area contributed by atoms with Gasteiger partial charge in [0.1, 0.15) is 0 Å². The molecule has 0 N–H and O–H groups in total. The van der Waals surface area contributed by atoms with Gasteiger partial charge in [0.25, 0.3) is 0 Å². The van der Waals surface area contributed by atoms with Crippen LogP contribution in [0.3, 0.4) is 0 Å². The molecule has 0 saturated heterocycles. The molecule has 0 aliphatic carbocycles. The van der Waals surface area contributed by atoms with Crippen LogP contribution in [0, 0.1) is 0 Å². The van der Waals surface area contributed by atoms with Gasteiger partial charge in [-0.1, -0.05) is 0 Å². The van der Waals surface area contributed by atoms with Crippen molar-refractivity contribution in [3.05, 3.63) is 0 Å². The molecule has 18 heteroatoms. The van der Waals surface area contributed by atoms with Crippen LogP contribution in [0.2, 0.25) is 0 Å². The average Bonchev–Trinajstić information content (AvgIpc) is 1.41. The largest absolute Gasteiger partial charge is 4.00 e. The van der Waals surface area contributed by atoms with Crippen molar-refractivity contribution in [3.63, 3.8) is 0 Å². The molecule has 0 aromatic rings. The third-order valence-electron chi connectivity index (χ3n) is 0. The van der Waals surface area contributed by atoms with Gasteiger partial charge in [-0.25, -0.2) is 0 Å². The van der Waals surface area contributed by atoms with E-state index in [0.29, 0.717) is 0 Å². The van der Waals surface area contributed by atoms with Crippen LogP contribution in [0.25, 0.3) is 0 Å². The Balaban J connectivity index is -0.0000000277. The predicted molar refractivity (Wildman–Crippen MR) is 34.3 cm³/mol. The van der Waals surface area contributed by atoms with Crippen LogP contribution in [0.15, 0.2) is 0 Å². The first-order chi connectivity index (χ1) is 6.00. The Bertz CT molecular complexity index is 213. The number of hydrogen-bond donors (Lipinski definition) is 0. The topological polar surface area (TPSA) is 259 Å². The van der Waals surface area contributed by atoms with Crippen molar-refractivity contribution in [2.24, 2.45) is 0 Å². The number of phosphoric acid groups is 3. The monoisotopic (exact) mass is 536 g/mol. The van der Waals surface area contributed by atoms with Gasteiger partial charge < -0.3 is 57.7 Å². The van der Waals surface area contributed by atoms with E-state index in [-0.39, 0.29) is 76.2 Å². The third kappa shape index (κ3) is 755. The molecule has 0 rings (SSSR count). The van der Waals surface area contributed by atoms with E-state index in [4.69, 9.17) is 57.7 Å². The Hall–Kier alpha value is 2.81. The molecule has 0 aromatic carbocycles. The fraction of sp³-hybridized carbons (Fsp3) is 0. The Kier molecular flexibility index (Phi) is 33.5. The van der Waals surface area contributed by atoms with Gasteiger partial charge >= 0.3 is 76.2 Å². The Labute approximate surface area is 156 Å². The predicted octanol–water partition coefficient (Wildman–Crippen LogP) is -9.24. The molecule has 0 aliphatic rings. The summed E-state index contributed by atoms with van der Waals surface area (Å²) >= 11 is 0. The van der Waals surface area contributed by atoms with E-state index in [1.54, 1.807) is 0 Å². The summed E-state index contributed by atoms with van der Waals surface area (Å²) < 4.78 is 25.6. The molecular weight excluding hydrogens is 536 g/mol. The van der Waals surface area contributed by atoms with Gasteiger partial charge in [-0.05, 0) is 0 Å². The van der Waals surface area contributed by atoms with Crippen molar-refractivity contribution in [2.75, 3.05) is 0 Å². The molecule has 0 radical (unpaired) electrons. The van der Waals surface area contributed by atoms with Crippen LogP contribution >= 0.6 is 23.5 Å². The molecule has 0 heterocycles. The maximum atomic E-state index is 8.55. The summed E-state index contributed by atoms with van der Waals surface area (Å²) in [5.41, 5.74) is 0. The van der Waals surface area contributed by atoms with Crippen molar-refractivity contribution in [2.45, 2.75) is 0 Å². The first-order valence-corrected chi connectivity index (χ1v) is 6.57. The second-order valence-corrected chi connectivity index (χ2v) is 4.02. The molecule has 98 valence electrons. The van der Waals surface area contributed by atoms with E-state index in [2.05, 4.69) is 0 Å². The molecule has 0 aromatic heterocycles. The fourth-order valence-electron chi connectivity index (χ4n) is 0. The zero-order valence-corrected chi connectivity index (χ0v) is 16.9. The average molecular weight is 536 g/mol. The fourth-order valence-corrected chi connectivity index (χ4v) is 0. The molecular formula is AlCaO12P3W. The van der Waals surface area contributed by atoms with Crippen LogP contribution in [0.5, 0.6) is 0 Å². The minimum Gasteiger partial charge on any atom is -0.822 e. The zero-order valence-electron chi connectivity index (χ0n) is 7.93. The first-order valence-electron chi connectivity index (χ1n) is 2.19.